The third-order valence-corrected chi connectivity index (χ3v) is 3.79. The fourth-order valence-electron chi connectivity index (χ4n) is 2.49. The fraction of sp³-hybridized carbons (Fsp3) is 0.158. The number of rotatable bonds is 6. The van der Waals surface area contributed by atoms with Gasteiger partial charge >= 0.3 is 5.56 Å². The Hall–Kier alpha value is -3.15. The molecule has 0 fully saturated rings. The quantitative estimate of drug-likeness (QED) is 0.747. The van der Waals surface area contributed by atoms with Gasteiger partial charge in [0.15, 0.2) is 0 Å². The molecule has 3 aromatic rings. The number of anilines is 2. The van der Waals surface area contributed by atoms with E-state index in [-0.39, 0.29) is 5.75 Å². The van der Waals surface area contributed by atoms with Gasteiger partial charge in [0.2, 0.25) is 11.7 Å². The number of alkyl halides is 1. The highest BCUT2D eigenvalue weighted by molar-refractivity contribution is 5.58. The van der Waals surface area contributed by atoms with Crippen LogP contribution in [0.3, 0.4) is 0 Å². The summed E-state index contributed by atoms with van der Waals surface area (Å²) >= 11 is 0. The Morgan fingerprint density at radius 3 is 2.56 bits per heavy atom. The molecule has 1 aromatic heterocycles. The highest BCUT2D eigenvalue weighted by atomic mass is 19.1. The standard InChI is InChI=1S/C19H18FN3O2/c1-25-17-13-23(12-14-7-3-2-4-8-14)19(22-18(17)24)21-16-10-6-5-9-15(16)11-20/h2-10,13H,11-12H2,1H3,(H,21,22,24). The van der Waals surface area contributed by atoms with Gasteiger partial charge in [-0.3, -0.25) is 4.79 Å². The van der Waals surface area contributed by atoms with Crippen molar-refractivity contribution < 1.29 is 9.13 Å². The van der Waals surface area contributed by atoms with Crippen molar-refractivity contribution in [3.05, 3.63) is 82.3 Å². The Labute approximate surface area is 144 Å². The lowest BCUT2D eigenvalue weighted by atomic mass is 10.2. The second-order valence-electron chi connectivity index (χ2n) is 5.47. The number of hydrogen-bond acceptors (Lipinski definition) is 4. The SMILES string of the molecule is COc1cn(Cc2ccccc2)c(Nc2ccccc2CF)nc1=O. The zero-order valence-corrected chi connectivity index (χ0v) is 13.8. The van der Waals surface area contributed by atoms with Gasteiger partial charge in [-0.1, -0.05) is 48.5 Å². The molecule has 0 aliphatic rings. The summed E-state index contributed by atoms with van der Waals surface area (Å²) in [6, 6.07) is 16.8. The first-order valence-electron chi connectivity index (χ1n) is 7.81. The van der Waals surface area contributed by atoms with Crippen LogP contribution in [0.25, 0.3) is 0 Å². The molecule has 0 spiro atoms. The van der Waals surface area contributed by atoms with Crippen LogP contribution in [0, 0.1) is 0 Å². The summed E-state index contributed by atoms with van der Waals surface area (Å²) in [7, 11) is 1.43. The van der Waals surface area contributed by atoms with E-state index < -0.39 is 12.2 Å². The molecule has 0 saturated carbocycles. The maximum absolute atomic E-state index is 13.2. The van der Waals surface area contributed by atoms with Gasteiger partial charge < -0.3 is 14.6 Å². The number of benzene rings is 2. The highest BCUT2D eigenvalue weighted by Crippen LogP contribution is 2.21. The highest BCUT2D eigenvalue weighted by Gasteiger charge is 2.11. The van der Waals surface area contributed by atoms with E-state index in [1.165, 1.54) is 7.11 Å². The van der Waals surface area contributed by atoms with Crippen LogP contribution in [-0.4, -0.2) is 16.7 Å². The number of halogens is 1. The molecule has 128 valence electrons. The van der Waals surface area contributed by atoms with E-state index in [2.05, 4.69) is 10.3 Å². The lowest BCUT2D eigenvalue weighted by molar-refractivity contribution is 0.402. The largest absolute Gasteiger partial charge is 0.490 e. The topological polar surface area (TPSA) is 56.1 Å². The lowest BCUT2D eigenvalue weighted by Gasteiger charge is -2.16. The molecular weight excluding hydrogens is 321 g/mol. The minimum atomic E-state index is -0.609. The van der Waals surface area contributed by atoms with E-state index in [1.807, 2.05) is 30.3 Å². The van der Waals surface area contributed by atoms with E-state index in [0.717, 1.165) is 5.56 Å². The van der Waals surface area contributed by atoms with Crippen LogP contribution >= 0.6 is 0 Å². The third-order valence-electron chi connectivity index (χ3n) is 3.79. The molecule has 0 saturated heterocycles. The summed E-state index contributed by atoms with van der Waals surface area (Å²) in [5.41, 5.74) is 1.63. The van der Waals surface area contributed by atoms with Crippen LogP contribution in [0.2, 0.25) is 0 Å². The molecule has 0 atom stereocenters. The molecule has 0 aliphatic heterocycles. The van der Waals surface area contributed by atoms with Crippen LogP contribution in [-0.2, 0) is 13.2 Å². The van der Waals surface area contributed by atoms with Crippen LogP contribution in [0.5, 0.6) is 5.75 Å². The maximum atomic E-state index is 13.2. The average molecular weight is 339 g/mol. The molecule has 0 amide bonds. The van der Waals surface area contributed by atoms with E-state index in [9.17, 15) is 9.18 Å². The normalized spacial score (nSPS) is 10.5. The van der Waals surface area contributed by atoms with Crippen LogP contribution in [0.4, 0.5) is 16.0 Å². The smallest absolute Gasteiger partial charge is 0.316 e. The molecule has 6 heteroatoms. The molecule has 1 N–H and O–H groups in total. The predicted octanol–water partition coefficient (Wildman–Crippen LogP) is 3.51. The van der Waals surface area contributed by atoms with Crippen LogP contribution in [0.15, 0.2) is 65.6 Å². The van der Waals surface area contributed by atoms with Crippen molar-refractivity contribution in [1.82, 2.24) is 9.55 Å². The molecule has 3 rings (SSSR count). The number of hydrogen-bond donors (Lipinski definition) is 1. The van der Waals surface area contributed by atoms with Crippen molar-refractivity contribution in [2.45, 2.75) is 13.2 Å². The number of nitrogens with one attached hydrogen (secondary N) is 1. The Morgan fingerprint density at radius 2 is 1.84 bits per heavy atom. The second kappa shape index (κ2) is 7.61. The summed E-state index contributed by atoms with van der Waals surface area (Å²) in [4.78, 5) is 16.1. The van der Waals surface area contributed by atoms with Gasteiger partial charge in [0, 0.05) is 11.3 Å². The minimum Gasteiger partial charge on any atom is -0.490 e. The molecular formula is C19H18FN3O2. The summed E-state index contributed by atoms with van der Waals surface area (Å²) in [5.74, 6) is 0.482. The Morgan fingerprint density at radius 1 is 1.12 bits per heavy atom. The first-order valence-corrected chi connectivity index (χ1v) is 7.81. The zero-order valence-electron chi connectivity index (χ0n) is 13.8. The van der Waals surface area contributed by atoms with Crippen LogP contribution in [0.1, 0.15) is 11.1 Å². The molecule has 0 bridgehead atoms. The summed E-state index contributed by atoms with van der Waals surface area (Å²) in [6.45, 7) is -0.118. The lowest BCUT2D eigenvalue weighted by Crippen LogP contribution is -2.19. The van der Waals surface area contributed by atoms with Gasteiger partial charge in [-0.05, 0) is 11.6 Å². The minimum absolute atomic E-state index is 0.153. The Bertz CT molecular complexity index is 910. The monoisotopic (exact) mass is 339 g/mol. The van der Waals surface area contributed by atoms with Gasteiger partial charge in [0.05, 0.1) is 19.9 Å². The van der Waals surface area contributed by atoms with E-state index in [1.54, 1.807) is 35.0 Å². The van der Waals surface area contributed by atoms with Crippen molar-refractivity contribution in [3.8, 4) is 5.75 Å². The van der Waals surface area contributed by atoms with Gasteiger partial charge in [-0.15, -0.1) is 0 Å². The van der Waals surface area contributed by atoms with Crippen molar-refractivity contribution >= 4 is 11.6 Å². The van der Waals surface area contributed by atoms with Gasteiger partial charge in [-0.2, -0.15) is 4.98 Å². The number of aromatic nitrogens is 2. The molecule has 1 heterocycles. The molecule has 0 unspecified atom stereocenters. The van der Waals surface area contributed by atoms with Crippen molar-refractivity contribution in [2.75, 3.05) is 12.4 Å². The van der Waals surface area contributed by atoms with Crippen molar-refractivity contribution in [3.63, 3.8) is 0 Å². The second-order valence-corrected chi connectivity index (χ2v) is 5.47. The van der Waals surface area contributed by atoms with Gasteiger partial charge in [-0.25, -0.2) is 4.39 Å². The number of ether oxygens (including phenoxy) is 1. The maximum Gasteiger partial charge on any atom is 0.316 e. The molecule has 0 radical (unpaired) electrons. The first kappa shape index (κ1) is 16.7. The summed E-state index contributed by atoms with van der Waals surface area (Å²) < 4.78 is 20.0. The Kier molecular flexibility index (Phi) is 5.09. The van der Waals surface area contributed by atoms with E-state index in [4.69, 9.17) is 4.74 Å². The number of methoxy groups -OCH3 is 1. The van der Waals surface area contributed by atoms with Gasteiger partial charge in [0.25, 0.3) is 0 Å². The molecule has 5 nitrogen and oxygen atoms in total. The summed E-state index contributed by atoms with van der Waals surface area (Å²) in [6.07, 6.45) is 1.60. The van der Waals surface area contributed by atoms with Crippen molar-refractivity contribution in [2.24, 2.45) is 0 Å². The fourth-order valence-corrected chi connectivity index (χ4v) is 2.49. The third kappa shape index (κ3) is 3.85. The number of nitrogens with zero attached hydrogens (tertiary/aromatic N) is 2. The zero-order chi connectivity index (χ0) is 17.6. The summed E-state index contributed by atoms with van der Waals surface area (Å²) in [5, 5.41) is 3.06. The first-order chi connectivity index (χ1) is 12.2. The Balaban J connectivity index is 2.02. The van der Waals surface area contributed by atoms with Gasteiger partial charge in [0.1, 0.15) is 6.67 Å². The predicted molar refractivity (Wildman–Crippen MR) is 95.1 cm³/mol. The number of para-hydroxylation sites is 1. The molecule has 25 heavy (non-hydrogen) atoms. The van der Waals surface area contributed by atoms with E-state index >= 15 is 0 Å². The van der Waals surface area contributed by atoms with E-state index in [0.29, 0.717) is 23.7 Å². The average Bonchev–Trinajstić information content (AvgIpc) is 2.65. The van der Waals surface area contributed by atoms with Crippen molar-refractivity contribution in [1.29, 1.82) is 0 Å². The molecule has 0 aliphatic carbocycles. The molecule has 2 aromatic carbocycles. The van der Waals surface area contributed by atoms with Crippen LogP contribution < -0.4 is 15.6 Å².